The van der Waals surface area contributed by atoms with Crippen molar-refractivity contribution in [1.29, 1.82) is 5.26 Å². The summed E-state index contributed by atoms with van der Waals surface area (Å²) in [5.74, 6) is -0.192. The number of pyridine rings is 1. The van der Waals surface area contributed by atoms with E-state index in [1.165, 1.54) is 11.8 Å². The fraction of sp³-hybridized carbons (Fsp3) is 0.400. The van der Waals surface area contributed by atoms with Crippen molar-refractivity contribution in [3.05, 3.63) is 22.9 Å². The fourth-order valence-electron chi connectivity index (χ4n) is 2.13. The minimum absolute atomic E-state index is 0.112. The lowest BCUT2D eigenvalue weighted by Gasteiger charge is -2.13. The second-order valence-electron chi connectivity index (χ2n) is 5.11. The highest BCUT2D eigenvalue weighted by molar-refractivity contribution is 8.14. The molecular formula is C15H16N4O3S2. The van der Waals surface area contributed by atoms with Gasteiger partial charge in [0.2, 0.25) is 11.8 Å². The first-order valence-corrected chi connectivity index (χ1v) is 9.14. The van der Waals surface area contributed by atoms with Crippen LogP contribution in [0.15, 0.2) is 11.1 Å². The van der Waals surface area contributed by atoms with Crippen molar-refractivity contribution in [2.45, 2.75) is 18.9 Å². The lowest BCUT2D eigenvalue weighted by molar-refractivity contribution is -0.125. The van der Waals surface area contributed by atoms with Gasteiger partial charge >= 0.3 is 0 Å². The topological polar surface area (TPSA) is 103 Å². The lowest BCUT2D eigenvalue weighted by Crippen LogP contribution is -2.38. The molecule has 0 aliphatic carbocycles. The van der Waals surface area contributed by atoms with E-state index in [0.29, 0.717) is 10.6 Å². The third-order valence-electron chi connectivity index (χ3n) is 3.26. The Balaban J connectivity index is 1.83. The molecule has 126 valence electrons. The second kappa shape index (κ2) is 8.17. The van der Waals surface area contributed by atoms with Crippen LogP contribution in [-0.4, -0.2) is 51.5 Å². The molecule has 1 aliphatic heterocycles. The molecule has 1 fully saturated rings. The van der Waals surface area contributed by atoms with E-state index >= 15 is 0 Å². The Kier molecular flexibility index (Phi) is 6.23. The summed E-state index contributed by atoms with van der Waals surface area (Å²) in [4.78, 5) is 40.2. The van der Waals surface area contributed by atoms with Crippen molar-refractivity contribution in [2.24, 2.45) is 0 Å². The number of rotatable bonds is 6. The van der Waals surface area contributed by atoms with E-state index in [2.05, 4.69) is 16.4 Å². The van der Waals surface area contributed by atoms with Gasteiger partial charge in [-0.1, -0.05) is 23.5 Å². The second-order valence-corrected chi connectivity index (χ2v) is 7.00. The first-order valence-electron chi connectivity index (χ1n) is 7.17. The summed E-state index contributed by atoms with van der Waals surface area (Å²) in [7, 11) is 0. The first-order chi connectivity index (χ1) is 11.4. The summed E-state index contributed by atoms with van der Waals surface area (Å²) in [5, 5.41) is 12.1. The van der Waals surface area contributed by atoms with E-state index in [1.54, 1.807) is 0 Å². The van der Waals surface area contributed by atoms with Crippen LogP contribution in [0.2, 0.25) is 0 Å². The van der Waals surface area contributed by atoms with Crippen molar-refractivity contribution in [2.75, 3.05) is 24.6 Å². The Bertz CT molecular complexity index is 714. The minimum Gasteiger partial charge on any atom is -0.354 e. The molecule has 9 heteroatoms. The van der Waals surface area contributed by atoms with Crippen LogP contribution in [0.25, 0.3) is 0 Å². The molecule has 0 radical (unpaired) electrons. The van der Waals surface area contributed by atoms with Gasteiger partial charge in [0.05, 0.1) is 17.1 Å². The highest BCUT2D eigenvalue weighted by Gasteiger charge is 2.29. The summed E-state index contributed by atoms with van der Waals surface area (Å²) in [6, 6.07) is 3.93. The number of hydrogen-bond acceptors (Lipinski definition) is 7. The van der Waals surface area contributed by atoms with Crippen LogP contribution in [0.5, 0.6) is 0 Å². The van der Waals surface area contributed by atoms with Gasteiger partial charge in [-0.2, -0.15) is 5.26 Å². The number of imide groups is 1. The number of carbonyl (C=O) groups excluding carboxylic acids is 3. The number of aryl methyl sites for hydroxylation is 2. The molecule has 0 unspecified atom stereocenters. The summed E-state index contributed by atoms with van der Waals surface area (Å²) >= 11 is 2.16. The van der Waals surface area contributed by atoms with Crippen molar-refractivity contribution >= 4 is 40.6 Å². The maximum absolute atomic E-state index is 11.9. The molecule has 3 amide bonds. The number of nitrogens with zero attached hydrogens (tertiary/aromatic N) is 3. The average molecular weight is 364 g/mol. The number of thioether (sulfide) groups is 2. The van der Waals surface area contributed by atoms with E-state index in [9.17, 15) is 19.6 Å². The summed E-state index contributed by atoms with van der Waals surface area (Å²) in [6.07, 6.45) is 0. The van der Waals surface area contributed by atoms with Gasteiger partial charge in [0.25, 0.3) is 5.24 Å². The van der Waals surface area contributed by atoms with Gasteiger partial charge in [-0.25, -0.2) is 4.98 Å². The summed E-state index contributed by atoms with van der Waals surface area (Å²) in [5.41, 5.74) is 2.10. The van der Waals surface area contributed by atoms with Crippen molar-refractivity contribution in [3.63, 3.8) is 0 Å². The van der Waals surface area contributed by atoms with Crippen LogP contribution in [0.3, 0.4) is 0 Å². The van der Waals surface area contributed by atoms with Crippen LogP contribution in [0.1, 0.15) is 16.8 Å². The molecule has 24 heavy (non-hydrogen) atoms. The molecule has 0 bridgehead atoms. The maximum Gasteiger partial charge on any atom is 0.288 e. The normalized spacial score (nSPS) is 14.0. The average Bonchev–Trinajstić information content (AvgIpc) is 2.84. The molecule has 0 atom stereocenters. The number of nitriles is 1. The van der Waals surface area contributed by atoms with Crippen molar-refractivity contribution in [3.8, 4) is 6.07 Å². The molecule has 2 rings (SSSR count). The van der Waals surface area contributed by atoms with E-state index < -0.39 is 0 Å². The zero-order valence-electron chi connectivity index (χ0n) is 13.3. The Morgan fingerprint density at radius 1 is 1.50 bits per heavy atom. The van der Waals surface area contributed by atoms with Gasteiger partial charge in [-0.15, -0.1) is 0 Å². The number of aromatic nitrogens is 1. The zero-order chi connectivity index (χ0) is 17.7. The van der Waals surface area contributed by atoms with E-state index in [0.717, 1.165) is 27.9 Å². The van der Waals surface area contributed by atoms with Gasteiger partial charge in [0.15, 0.2) is 0 Å². The largest absolute Gasteiger partial charge is 0.354 e. The molecule has 1 N–H and O–H groups in total. The SMILES string of the molecule is Cc1cc(C)c(C#N)c(SCC(=O)NCCN2C(=O)CSC2=O)n1. The lowest BCUT2D eigenvalue weighted by atomic mass is 10.1. The summed E-state index contributed by atoms with van der Waals surface area (Å²) in [6.45, 7) is 4.05. The van der Waals surface area contributed by atoms with Gasteiger partial charge in [0, 0.05) is 18.8 Å². The van der Waals surface area contributed by atoms with Gasteiger partial charge in [-0.05, 0) is 25.5 Å². The number of nitrogens with one attached hydrogen (secondary N) is 1. The predicted molar refractivity (Wildman–Crippen MR) is 91.7 cm³/mol. The molecule has 1 saturated heterocycles. The molecule has 7 nitrogen and oxygen atoms in total. The molecule has 0 aromatic carbocycles. The number of hydrogen-bond donors (Lipinski definition) is 1. The molecule has 0 saturated carbocycles. The molecule has 1 aromatic rings. The fourth-order valence-corrected chi connectivity index (χ4v) is 3.81. The molecular weight excluding hydrogens is 348 g/mol. The van der Waals surface area contributed by atoms with E-state index in [1.807, 2.05) is 19.9 Å². The standard InChI is InChI=1S/C15H16N4O3S2/c1-9-5-10(2)18-14(11(9)6-16)23-7-12(20)17-3-4-19-13(21)8-24-15(19)22/h5H,3-4,7-8H2,1-2H3,(H,17,20). The third-order valence-corrected chi connectivity index (χ3v) is 5.10. The van der Waals surface area contributed by atoms with Crippen LogP contribution in [-0.2, 0) is 9.59 Å². The minimum atomic E-state index is -0.276. The Labute approximate surface area is 148 Å². The van der Waals surface area contributed by atoms with E-state index in [4.69, 9.17) is 0 Å². The highest BCUT2D eigenvalue weighted by atomic mass is 32.2. The first kappa shape index (κ1) is 18.3. The predicted octanol–water partition coefficient (Wildman–Crippen LogP) is 1.47. The Morgan fingerprint density at radius 2 is 2.25 bits per heavy atom. The number of carbonyl (C=O) groups is 3. The smallest absolute Gasteiger partial charge is 0.288 e. The Morgan fingerprint density at radius 3 is 2.88 bits per heavy atom. The third kappa shape index (κ3) is 4.49. The molecule has 1 aliphatic rings. The van der Waals surface area contributed by atoms with Crippen LogP contribution < -0.4 is 5.32 Å². The maximum atomic E-state index is 11.9. The van der Waals surface area contributed by atoms with Gasteiger partial charge < -0.3 is 5.32 Å². The molecule has 1 aromatic heterocycles. The molecule has 2 heterocycles. The quantitative estimate of drug-likeness (QED) is 0.762. The van der Waals surface area contributed by atoms with Gasteiger partial charge in [-0.3, -0.25) is 19.3 Å². The van der Waals surface area contributed by atoms with Crippen LogP contribution in [0, 0.1) is 25.2 Å². The van der Waals surface area contributed by atoms with Crippen molar-refractivity contribution in [1.82, 2.24) is 15.2 Å². The Hall–Kier alpha value is -2.05. The number of amides is 3. The van der Waals surface area contributed by atoms with E-state index in [-0.39, 0.29) is 41.6 Å². The van der Waals surface area contributed by atoms with Crippen LogP contribution >= 0.6 is 23.5 Å². The van der Waals surface area contributed by atoms with Gasteiger partial charge in [0.1, 0.15) is 11.1 Å². The van der Waals surface area contributed by atoms with Crippen LogP contribution in [0.4, 0.5) is 4.79 Å². The van der Waals surface area contributed by atoms with Crippen molar-refractivity contribution < 1.29 is 14.4 Å². The monoisotopic (exact) mass is 364 g/mol. The zero-order valence-corrected chi connectivity index (χ0v) is 14.9. The molecule has 0 spiro atoms. The highest BCUT2D eigenvalue weighted by Crippen LogP contribution is 2.23. The summed E-state index contributed by atoms with van der Waals surface area (Å²) < 4.78 is 0.